The van der Waals surface area contributed by atoms with Crippen LogP contribution in [0.5, 0.6) is 0 Å². The number of nitrogens with zero attached hydrogens (tertiary/aromatic N) is 3. The fourth-order valence-electron chi connectivity index (χ4n) is 2.62. The molecule has 5 nitrogen and oxygen atoms in total. The summed E-state index contributed by atoms with van der Waals surface area (Å²) in [5.74, 6) is 1.78. The van der Waals surface area contributed by atoms with Crippen molar-refractivity contribution in [3.8, 4) is 11.5 Å². The van der Waals surface area contributed by atoms with Crippen LogP contribution in [0, 0.1) is 0 Å². The van der Waals surface area contributed by atoms with Crippen molar-refractivity contribution in [2.24, 2.45) is 0 Å². The predicted molar refractivity (Wildman–Crippen MR) is 79.0 cm³/mol. The summed E-state index contributed by atoms with van der Waals surface area (Å²) < 4.78 is 7.56. The third kappa shape index (κ3) is 2.08. The van der Waals surface area contributed by atoms with Crippen LogP contribution in [0.4, 0.5) is 0 Å². The maximum Gasteiger partial charge on any atom is 0.255 e. The van der Waals surface area contributed by atoms with Crippen LogP contribution in [0.3, 0.4) is 0 Å². The van der Waals surface area contributed by atoms with Crippen LogP contribution in [0.25, 0.3) is 11.5 Å². The molecule has 1 aliphatic rings. The van der Waals surface area contributed by atoms with Crippen molar-refractivity contribution in [2.45, 2.75) is 13.1 Å². The van der Waals surface area contributed by atoms with E-state index >= 15 is 0 Å². The van der Waals surface area contributed by atoms with Crippen molar-refractivity contribution in [1.29, 1.82) is 0 Å². The van der Waals surface area contributed by atoms with Gasteiger partial charge < -0.3 is 13.9 Å². The molecule has 3 aromatic rings. The van der Waals surface area contributed by atoms with Crippen molar-refractivity contribution in [3.05, 3.63) is 52.8 Å². The smallest absolute Gasteiger partial charge is 0.255 e. The number of hydrogen-bond acceptors (Lipinski definition) is 4. The number of aromatic nitrogens is 2. The molecular weight excluding hydrogens is 286 g/mol. The third-order valence-corrected chi connectivity index (χ3v) is 4.38. The number of carbonyl (C=O) groups is 1. The van der Waals surface area contributed by atoms with Gasteiger partial charge in [0.25, 0.3) is 5.91 Å². The van der Waals surface area contributed by atoms with Gasteiger partial charge in [-0.05, 0) is 23.6 Å². The van der Waals surface area contributed by atoms with Crippen LogP contribution in [0.2, 0.25) is 0 Å². The number of rotatable bonds is 2. The summed E-state index contributed by atoms with van der Waals surface area (Å²) in [6.45, 7) is 1.96. The molecule has 0 saturated heterocycles. The fraction of sp³-hybridized carbons (Fsp3) is 0.200. The Morgan fingerprint density at radius 3 is 3.05 bits per heavy atom. The highest BCUT2D eigenvalue weighted by molar-refractivity contribution is 7.08. The first-order valence-electron chi connectivity index (χ1n) is 6.72. The zero-order valence-electron chi connectivity index (χ0n) is 11.2. The second kappa shape index (κ2) is 4.89. The van der Waals surface area contributed by atoms with Crippen LogP contribution >= 0.6 is 11.3 Å². The van der Waals surface area contributed by atoms with Gasteiger partial charge in [-0.2, -0.15) is 11.3 Å². The molecule has 0 spiro atoms. The van der Waals surface area contributed by atoms with E-state index in [-0.39, 0.29) is 5.91 Å². The van der Waals surface area contributed by atoms with Crippen molar-refractivity contribution in [2.75, 3.05) is 6.54 Å². The lowest BCUT2D eigenvalue weighted by atomic mass is 10.2. The minimum absolute atomic E-state index is 0.0741. The van der Waals surface area contributed by atoms with Crippen molar-refractivity contribution in [1.82, 2.24) is 14.5 Å². The molecule has 1 aliphatic heterocycles. The zero-order valence-corrected chi connectivity index (χ0v) is 12.0. The molecule has 0 aliphatic carbocycles. The van der Waals surface area contributed by atoms with E-state index in [0.717, 1.165) is 29.4 Å². The number of thiophene rings is 1. The van der Waals surface area contributed by atoms with E-state index in [9.17, 15) is 4.79 Å². The molecule has 0 radical (unpaired) electrons. The monoisotopic (exact) mass is 299 g/mol. The molecule has 0 N–H and O–H groups in total. The molecule has 4 heterocycles. The summed E-state index contributed by atoms with van der Waals surface area (Å²) in [5, 5.41) is 3.81. The highest BCUT2D eigenvalue weighted by Gasteiger charge is 2.25. The van der Waals surface area contributed by atoms with Gasteiger partial charge in [0.1, 0.15) is 11.5 Å². The maximum atomic E-state index is 12.4. The second-order valence-electron chi connectivity index (χ2n) is 4.93. The Bertz CT molecular complexity index is 759. The Morgan fingerprint density at radius 2 is 2.29 bits per heavy atom. The number of furan rings is 1. The fourth-order valence-corrected chi connectivity index (χ4v) is 3.25. The lowest BCUT2D eigenvalue weighted by Crippen LogP contribution is -2.38. The second-order valence-corrected chi connectivity index (χ2v) is 5.71. The van der Waals surface area contributed by atoms with Crippen LogP contribution in [0.1, 0.15) is 16.2 Å². The molecule has 1 amide bonds. The SMILES string of the molecule is O=C(c1ccsc1)N1CCn2c(-c3ccco3)cnc2C1. The van der Waals surface area contributed by atoms with Crippen molar-refractivity contribution >= 4 is 17.2 Å². The Morgan fingerprint density at radius 1 is 1.33 bits per heavy atom. The quantitative estimate of drug-likeness (QED) is 0.731. The summed E-state index contributed by atoms with van der Waals surface area (Å²) in [6.07, 6.45) is 3.47. The van der Waals surface area contributed by atoms with Crippen LogP contribution in [0.15, 0.2) is 45.8 Å². The Kier molecular flexibility index (Phi) is 2.89. The van der Waals surface area contributed by atoms with Gasteiger partial charge in [0.05, 0.1) is 24.6 Å². The maximum absolute atomic E-state index is 12.4. The lowest BCUT2D eigenvalue weighted by Gasteiger charge is -2.28. The molecule has 0 unspecified atom stereocenters. The first-order valence-corrected chi connectivity index (χ1v) is 7.67. The van der Waals surface area contributed by atoms with Gasteiger partial charge >= 0.3 is 0 Å². The molecule has 6 heteroatoms. The highest BCUT2D eigenvalue weighted by Crippen LogP contribution is 2.25. The molecule has 106 valence electrons. The Labute approximate surface area is 125 Å². The van der Waals surface area contributed by atoms with E-state index in [4.69, 9.17) is 4.42 Å². The highest BCUT2D eigenvalue weighted by atomic mass is 32.1. The number of imidazole rings is 1. The minimum atomic E-state index is 0.0741. The van der Waals surface area contributed by atoms with Gasteiger partial charge in [-0.1, -0.05) is 0 Å². The van der Waals surface area contributed by atoms with Gasteiger partial charge in [-0.3, -0.25) is 4.79 Å². The standard InChI is InChI=1S/C15H13N3O2S/c19-15(11-3-7-21-10-11)17-4-5-18-12(8-16-14(18)9-17)13-2-1-6-20-13/h1-3,6-8,10H,4-5,9H2. The largest absolute Gasteiger partial charge is 0.463 e. The van der Waals surface area contributed by atoms with E-state index in [0.29, 0.717) is 13.1 Å². The van der Waals surface area contributed by atoms with E-state index in [1.807, 2.05) is 40.1 Å². The number of fused-ring (bicyclic) bond motifs is 1. The van der Waals surface area contributed by atoms with Crippen molar-refractivity contribution < 1.29 is 9.21 Å². The molecule has 4 rings (SSSR count). The lowest BCUT2D eigenvalue weighted by molar-refractivity contribution is 0.0708. The van der Waals surface area contributed by atoms with Gasteiger partial charge in [0, 0.05) is 18.5 Å². The molecule has 0 bridgehead atoms. The number of amides is 1. The first-order chi connectivity index (χ1) is 10.3. The summed E-state index contributed by atoms with van der Waals surface area (Å²) in [6, 6.07) is 5.65. The van der Waals surface area contributed by atoms with E-state index in [2.05, 4.69) is 9.55 Å². The summed E-state index contributed by atoms with van der Waals surface area (Å²) in [7, 11) is 0. The summed E-state index contributed by atoms with van der Waals surface area (Å²) in [5.41, 5.74) is 1.73. The normalized spacial score (nSPS) is 14.2. The van der Waals surface area contributed by atoms with E-state index < -0.39 is 0 Å². The topological polar surface area (TPSA) is 51.3 Å². The van der Waals surface area contributed by atoms with E-state index in [1.165, 1.54) is 11.3 Å². The summed E-state index contributed by atoms with van der Waals surface area (Å²) >= 11 is 1.54. The van der Waals surface area contributed by atoms with Crippen LogP contribution in [-0.4, -0.2) is 26.9 Å². The molecule has 3 aromatic heterocycles. The first kappa shape index (κ1) is 12.4. The van der Waals surface area contributed by atoms with Gasteiger partial charge in [-0.15, -0.1) is 0 Å². The molecule has 0 fully saturated rings. The Balaban J connectivity index is 1.61. The number of hydrogen-bond donors (Lipinski definition) is 0. The molecule has 0 aromatic carbocycles. The minimum Gasteiger partial charge on any atom is -0.463 e. The van der Waals surface area contributed by atoms with Gasteiger partial charge in [0.2, 0.25) is 0 Å². The average Bonchev–Trinajstić information content (AvgIpc) is 3.24. The van der Waals surface area contributed by atoms with Gasteiger partial charge in [0.15, 0.2) is 5.76 Å². The molecule has 21 heavy (non-hydrogen) atoms. The molecule has 0 saturated carbocycles. The molecular formula is C15H13N3O2S. The Hall–Kier alpha value is -2.34. The third-order valence-electron chi connectivity index (χ3n) is 3.69. The molecule has 0 atom stereocenters. The van der Waals surface area contributed by atoms with Crippen LogP contribution < -0.4 is 0 Å². The van der Waals surface area contributed by atoms with Crippen molar-refractivity contribution in [3.63, 3.8) is 0 Å². The average molecular weight is 299 g/mol. The number of carbonyl (C=O) groups excluding carboxylic acids is 1. The zero-order chi connectivity index (χ0) is 14.2. The van der Waals surface area contributed by atoms with Crippen LogP contribution in [-0.2, 0) is 13.1 Å². The predicted octanol–water partition coefficient (Wildman–Crippen LogP) is 2.86. The summed E-state index contributed by atoms with van der Waals surface area (Å²) in [4.78, 5) is 18.7. The van der Waals surface area contributed by atoms with Gasteiger partial charge in [-0.25, -0.2) is 4.98 Å². The van der Waals surface area contributed by atoms with E-state index in [1.54, 1.807) is 6.26 Å².